The van der Waals surface area contributed by atoms with Crippen molar-refractivity contribution >= 4 is 26.0 Å². The van der Waals surface area contributed by atoms with Crippen molar-refractivity contribution in [1.82, 2.24) is 9.62 Å². The molecule has 1 rings (SSSR count). The fraction of sp³-hybridized carbons (Fsp3) is 0.600. The van der Waals surface area contributed by atoms with Gasteiger partial charge in [0, 0.05) is 10.5 Å². The van der Waals surface area contributed by atoms with Crippen LogP contribution in [0.4, 0.5) is 0 Å². The number of hydrogen-bond donors (Lipinski definition) is 1. The molecule has 0 aliphatic heterocycles. The Morgan fingerprint density at radius 3 is 2.52 bits per heavy atom. The molecule has 0 saturated carbocycles. The highest BCUT2D eigenvalue weighted by Crippen LogP contribution is 2.16. The van der Waals surface area contributed by atoms with Crippen LogP contribution >= 0.6 is 15.9 Å². The van der Waals surface area contributed by atoms with E-state index in [2.05, 4.69) is 39.4 Å². The van der Waals surface area contributed by atoms with Gasteiger partial charge in [-0.3, -0.25) is 0 Å². The van der Waals surface area contributed by atoms with Crippen LogP contribution in [-0.4, -0.2) is 39.0 Å². The van der Waals surface area contributed by atoms with Gasteiger partial charge in [-0.25, -0.2) is 13.1 Å². The van der Waals surface area contributed by atoms with E-state index in [1.807, 2.05) is 13.0 Å². The van der Waals surface area contributed by atoms with Gasteiger partial charge in [-0.15, -0.1) is 0 Å². The summed E-state index contributed by atoms with van der Waals surface area (Å²) in [5, 5.41) is 0. The zero-order valence-corrected chi connectivity index (χ0v) is 15.4. The third-order valence-electron chi connectivity index (χ3n) is 3.47. The van der Waals surface area contributed by atoms with Crippen molar-refractivity contribution in [3.05, 3.63) is 28.7 Å². The summed E-state index contributed by atoms with van der Waals surface area (Å²) < 4.78 is 28.0. The molecule has 0 amide bonds. The van der Waals surface area contributed by atoms with Crippen LogP contribution in [0.1, 0.15) is 33.6 Å². The fourth-order valence-corrected chi connectivity index (χ4v) is 4.06. The first-order valence-corrected chi connectivity index (χ1v) is 9.67. The van der Waals surface area contributed by atoms with Gasteiger partial charge in [-0.1, -0.05) is 35.8 Å². The molecular weight excluding hydrogens is 352 g/mol. The van der Waals surface area contributed by atoms with Gasteiger partial charge in [0.1, 0.15) is 0 Å². The van der Waals surface area contributed by atoms with Gasteiger partial charge in [-0.05, 0) is 57.6 Å². The summed E-state index contributed by atoms with van der Waals surface area (Å²) in [5.41, 5.74) is 0. The first-order valence-electron chi connectivity index (χ1n) is 7.39. The summed E-state index contributed by atoms with van der Waals surface area (Å²) in [5.74, 6) is 0. The van der Waals surface area contributed by atoms with E-state index < -0.39 is 10.0 Å². The van der Waals surface area contributed by atoms with Crippen LogP contribution in [0.2, 0.25) is 0 Å². The second-order valence-corrected chi connectivity index (χ2v) is 7.78. The van der Waals surface area contributed by atoms with Crippen molar-refractivity contribution in [2.45, 2.75) is 44.6 Å². The third kappa shape index (κ3) is 6.46. The van der Waals surface area contributed by atoms with E-state index in [1.54, 1.807) is 18.2 Å². The molecule has 4 nitrogen and oxygen atoms in total. The van der Waals surface area contributed by atoms with Gasteiger partial charge in [0.15, 0.2) is 0 Å². The summed E-state index contributed by atoms with van der Waals surface area (Å²) >= 11 is 3.30. The molecule has 0 heterocycles. The summed E-state index contributed by atoms with van der Waals surface area (Å²) in [6.45, 7) is 9.28. The van der Waals surface area contributed by atoms with E-state index in [0.717, 1.165) is 36.9 Å². The van der Waals surface area contributed by atoms with Crippen molar-refractivity contribution < 1.29 is 8.42 Å². The largest absolute Gasteiger partial charge is 0.304 e. The van der Waals surface area contributed by atoms with Gasteiger partial charge in [0.05, 0.1) is 4.90 Å². The van der Waals surface area contributed by atoms with E-state index in [4.69, 9.17) is 0 Å². The topological polar surface area (TPSA) is 49.4 Å². The normalized spacial score (nSPS) is 13.6. The maximum absolute atomic E-state index is 12.3. The van der Waals surface area contributed by atoms with Gasteiger partial charge >= 0.3 is 0 Å². The fourth-order valence-electron chi connectivity index (χ4n) is 2.19. The summed E-state index contributed by atoms with van der Waals surface area (Å²) in [6.07, 6.45) is 1.83. The Bertz CT molecular complexity index is 530. The molecular formula is C15H25BrN2O2S. The Hall–Kier alpha value is -0.430. The SMILES string of the molecule is CCN(CC)CCC[C@H](C)NS(=O)(=O)c1cccc(Br)c1. The first kappa shape index (κ1) is 18.6. The number of nitrogens with one attached hydrogen (secondary N) is 1. The smallest absolute Gasteiger partial charge is 0.240 e. The van der Waals surface area contributed by atoms with Crippen molar-refractivity contribution in [1.29, 1.82) is 0 Å². The molecule has 0 aliphatic rings. The van der Waals surface area contributed by atoms with Gasteiger partial charge in [0.2, 0.25) is 10.0 Å². The van der Waals surface area contributed by atoms with E-state index in [0.29, 0.717) is 4.90 Å². The van der Waals surface area contributed by atoms with Crippen molar-refractivity contribution in [2.75, 3.05) is 19.6 Å². The second-order valence-electron chi connectivity index (χ2n) is 5.15. The minimum atomic E-state index is -3.44. The van der Waals surface area contributed by atoms with Crippen LogP contribution in [-0.2, 0) is 10.0 Å². The Morgan fingerprint density at radius 2 is 1.95 bits per heavy atom. The minimum Gasteiger partial charge on any atom is -0.304 e. The monoisotopic (exact) mass is 376 g/mol. The van der Waals surface area contributed by atoms with E-state index >= 15 is 0 Å². The highest BCUT2D eigenvalue weighted by Gasteiger charge is 2.17. The average molecular weight is 377 g/mol. The Kier molecular flexibility index (Phi) is 7.87. The molecule has 1 atom stereocenters. The van der Waals surface area contributed by atoms with Crippen molar-refractivity contribution in [3.8, 4) is 0 Å². The molecule has 1 N–H and O–H groups in total. The van der Waals surface area contributed by atoms with Crippen LogP contribution in [0.3, 0.4) is 0 Å². The van der Waals surface area contributed by atoms with Gasteiger partial charge in [0.25, 0.3) is 0 Å². The van der Waals surface area contributed by atoms with Crippen molar-refractivity contribution in [3.63, 3.8) is 0 Å². The van der Waals surface area contributed by atoms with E-state index in [1.165, 1.54) is 0 Å². The standard InChI is InChI=1S/C15H25BrN2O2S/c1-4-18(5-2)11-7-8-13(3)17-21(19,20)15-10-6-9-14(16)12-15/h6,9-10,12-13,17H,4-5,7-8,11H2,1-3H3/t13-/m0/s1. The number of nitrogens with zero attached hydrogens (tertiary/aromatic N) is 1. The lowest BCUT2D eigenvalue weighted by Gasteiger charge is -2.19. The molecule has 120 valence electrons. The molecule has 0 spiro atoms. The number of hydrogen-bond acceptors (Lipinski definition) is 3. The van der Waals surface area contributed by atoms with E-state index in [-0.39, 0.29) is 6.04 Å². The predicted octanol–water partition coefficient (Wildman–Crippen LogP) is 3.24. The maximum Gasteiger partial charge on any atom is 0.240 e. The van der Waals surface area contributed by atoms with E-state index in [9.17, 15) is 8.42 Å². The molecule has 21 heavy (non-hydrogen) atoms. The molecule has 6 heteroatoms. The average Bonchev–Trinajstić information content (AvgIpc) is 2.43. The highest BCUT2D eigenvalue weighted by molar-refractivity contribution is 9.10. The molecule has 0 saturated heterocycles. The molecule has 0 radical (unpaired) electrons. The molecule has 0 bridgehead atoms. The lowest BCUT2D eigenvalue weighted by molar-refractivity contribution is 0.293. The molecule has 0 unspecified atom stereocenters. The molecule has 1 aromatic carbocycles. The highest BCUT2D eigenvalue weighted by atomic mass is 79.9. The Labute approximate surface area is 137 Å². The Balaban J connectivity index is 2.52. The molecule has 0 aliphatic carbocycles. The van der Waals surface area contributed by atoms with Crippen LogP contribution in [0.5, 0.6) is 0 Å². The van der Waals surface area contributed by atoms with Crippen LogP contribution in [0, 0.1) is 0 Å². The Morgan fingerprint density at radius 1 is 1.29 bits per heavy atom. The summed E-state index contributed by atoms with van der Waals surface area (Å²) in [4.78, 5) is 2.64. The number of benzene rings is 1. The minimum absolute atomic E-state index is 0.0652. The van der Waals surface area contributed by atoms with Gasteiger partial charge in [-0.2, -0.15) is 0 Å². The van der Waals surface area contributed by atoms with Crippen LogP contribution in [0.15, 0.2) is 33.6 Å². The van der Waals surface area contributed by atoms with Crippen molar-refractivity contribution in [2.24, 2.45) is 0 Å². The zero-order chi connectivity index (χ0) is 15.9. The molecule has 0 fully saturated rings. The second kappa shape index (κ2) is 8.88. The number of sulfonamides is 1. The van der Waals surface area contributed by atoms with Crippen LogP contribution < -0.4 is 4.72 Å². The summed E-state index contributed by atoms with van der Waals surface area (Å²) in [6, 6.07) is 6.70. The number of halogens is 1. The molecule has 1 aromatic rings. The quantitative estimate of drug-likeness (QED) is 0.719. The lowest BCUT2D eigenvalue weighted by Crippen LogP contribution is -2.33. The zero-order valence-electron chi connectivity index (χ0n) is 13.0. The lowest BCUT2D eigenvalue weighted by atomic mass is 10.2. The number of rotatable bonds is 9. The summed E-state index contributed by atoms with van der Waals surface area (Å²) in [7, 11) is -3.44. The first-order chi connectivity index (χ1) is 9.89. The maximum atomic E-state index is 12.3. The predicted molar refractivity (Wildman–Crippen MR) is 90.9 cm³/mol. The van der Waals surface area contributed by atoms with Crippen LogP contribution in [0.25, 0.3) is 0 Å². The molecule has 0 aromatic heterocycles. The van der Waals surface area contributed by atoms with Gasteiger partial charge < -0.3 is 4.90 Å². The third-order valence-corrected chi connectivity index (χ3v) is 5.55.